The number of rotatable bonds is 6. The Morgan fingerprint density at radius 2 is 2.07 bits per heavy atom. The zero-order valence-corrected chi connectivity index (χ0v) is 17.4. The van der Waals surface area contributed by atoms with E-state index in [-0.39, 0.29) is 12.5 Å². The molecule has 0 unspecified atom stereocenters. The summed E-state index contributed by atoms with van der Waals surface area (Å²) in [6, 6.07) is 11.3. The number of hydrogen-bond donors (Lipinski definition) is 0. The maximum atomic E-state index is 12.7. The molecule has 1 amide bonds. The Morgan fingerprint density at radius 3 is 2.79 bits per heavy atom. The highest BCUT2D eigenvalue weighted by Crippen LogP contribution is 2.37. The molecular weight excluding hydrogens is 424 g/mol. The highest BCUT2D eigenvalue weighted by Gasteiger charge is 2.22. The van der Waals surface area contributed by atoms with E-state index in [1.165, 1.54) is 5.56 Å². The Labute approximate surface area is 172 Å². The van der Waals surface area contributed by atoms with E-state index in [9.17, 15) is 4.79 Å². The van der Waals surface area contributed by atoms with Gasteiger partial charge in [0.15, 0.2) is 18.1 Å². The number of fused-ring (bicyclic) bond motifs is 1. The highest BCUT2D eigenvalue weighted by atomic mass is 79.9. The van der Waals surface area contributed by atoms with E-state index in [0.29, 0.717) is 41.2 Å². The average Bonchev–Trinajstić information content (AvgIpc) is 2.72. The lowest BCUT2D eigenvalue weighted by Gasteiger charge is -2.29. The number of amides is 1. The third-order valence-electron chi connectivity index (χ3n) is 4.56. The molecule has 28 heavy (non-hydrogen) atoms. The van der Waals surface area contributed by atoms with Gasteiger partial charge in [0.05, 0.1) is 29.8 Å². The molecule has 1 heterocycles. The van der Waals surface area contributed by atoms with Crippen LogP contribution < -0.4 is 14.2 Å². The van der Waals surface area contributed by atoms with E-state index >= 15 is 0 Å². The zero-order valence-electron chi connectivity index (χ0n) is 15.8. The second-order valence-corrected chi connectivity index (χ2v) is 7.17. The molecule has 6 nitrogen and oxygen atoms in total. The Kier molecular flexibility index (Phi) is 6.42. The maximum absolute atomic E-state index is 12.7. The van der Waals surface area contributed by atoms with Gasteiger partial charge in [-0.15, -0.1) is 0 Å². The molecule has 1 aliphatic heterocycles. The molecule has 0 N–H and O–H groups in total. The molecule has 0 saturated heterocycles. The van der Waals surface area contributed by atoms with Crippen LogP contribution in [0.1, 0.15) is 23.6 Å². The molecule has 1 aliphatic rings. The fourth-order valence-electron chi connectivity index (χ4n) is 3.13. The molecule has 0 aromatic heterocycles. The minimum atomic E-state index is -0.107. The van der Waals surface area contributed by atoms with Crippen molar-refractivity contribution in [3.63, 3.8) is 0 Å². The van der Waals surface area contributed by atoms with Crippen LogP contribution in [-0.4, -0.2) is 37.7 Å². The Morgan fingerprint density at radius 1 is 1.25 bits per heavy atom. The lowest BCUT2D eigenvalue weighted by molar-refractivity contribution is -0.134. The topological polar surface area (TPSA) is 71.8 Å². The summed E-state index contributed by atoms with van der Waals surface area (Å²) in [6.07, 6.45) is 0.801. The van der Waals surface area contributed by atoms with E-state index < -0.39 is 0 Å². The van der Waals surface area contributed by atoms with Crippen molar-refractivity contribution in [3.05, 3.63) is 51.5 Å². The van der Waals surface area contributed by atoms with Gasteiger partial charge in [-0.25, -0.2) is 0 Å². The first kappa shape index (κ1) is 20.0. The summed E-state index contributed by atoms with van der Waals surface area (Å²) >= 11 is 3.40. The van der Waals surface area contributed by atoms with Crippen LogP contribution in [0.5, 0.6) is 17.2 Å². The van der Waals surface area contributed by atoms with Crippen LogP contribution >= 0.6 is 15.9 Å². The Balaban J connectivity index is 1.70. The van der Waals surface area contributed by atoms with Gasteiger partial charge in [-0.1, -0.05) is 6.07 Å². The van der Waals surface area contributed by atoms with Gasteiger partial charge in [-0.3, -0.25) is 4.79 Å². The summed E-state index contributed by atoms with van der Waals surface area (Å²) in [7, 11) is 1.63. The smallest absolute Gasteiger partial charge is 0.260 e. The van der Waals surface area contributed by atoms with Crippen molar-refractivity contribution in [1.29, 1.82) is 5.26 Å². The molecule has 0 bridgehead atoms. The van der Waals surface area contributed by atoms with Crippen LogP contribution in [0.25, 0.3) is 0 Å². The van der Waals surface area contributed by atoms with Gasteiger partial charge in [-0.2, -0.15) is 5.26 Å². The van der Waals surface area contributed by atoms with Crippen LogP contribution in [0.15, 0.2) is 34.8 Å². The number of benzene rings is 2. The molecule has 7 heteroatoms. The van der Waals surface area contributed by atoms with Gasteiger partial charge in [0, 0.05) is 19.2 Å². The molecule has 0 spiro atoms. The van der Waals surface area contributed by atoms with Gasteiger partial charge < -0.3 is 19.1 Å². The number of halogens is 1. The second kappa shape index (κ2) is 8.98. The Hall–Kier alpha value is -2.72. The number of ether oxygens (including phenoxy) is 3. The SMILES string of the molecule is CCOc1cc(C#N)cc(Br)c1OCC(=O)N1CCc2ccc(OC)cc2C1. The molecule has 146 valence electrons. The molecule has 0 fully saturated rings. The molecule has 0 saturated carbocycles. The van der Waals surface area contributed by atoms with Gasteiger partial charge in [0.1, 0.15) is 5.75 Å². The molecule has 2 aromatic carbocycles. The van der Waals surface area contributed by atoms with Crippen molar-refractivity contribution in [3.8, 4) is 23.3 Å². The predicted octanol–water partition coefficient (Wildman–Crippen LogP) is 3.69. The van der Waals surface area contributed by atoms with Crippen LogP contribution in [-0.2, 0) is 17.8 Å². The minimum absolute atomic E-state index is 0.104. The number of nitriles is 1. The molecule has 0 atom stereocenters. The second-order valence-electron chi connectivity index (χ2n) is 6.32. The third-order valence-corrected chi connectivity index (χ3v) is 5.15. The summed E-state index contributed by atoms with van der Waals surface area (Å²) in [6.45, 7) is 3.34. The standard InChI is InChI=1S/C21H21BrN2O4/c1-3-27-19-9-14(11-23)8-18(22)21(19)28-13-20(25)24-7-6-15-4-5-17(26-2)10-16(15)12-24/h4-5,8-10H,3,6-7,12-13H2,1-2H3. The zero-order chi connectivity index (χ0) is 20.1. The number of nitrogens with zero attached hydrogens (tertiary/aromatic N) is 2. The summed E-state index contributed by atoms with van der Waals surface area (Å²) in [5, 5.41) is 9.11. The van der Waals surface area contributed by atoms with E-state index in [1.807, 2.05) is 19.1 Å². The summed E-state index contributed by atoms with van der Waals surface area (Å²) < 4.78 is 17.2. The lowest BCUT2D eigenvalue weighted by Crippen LogP contribution is -2.38. The lowest BCUT2D eigenvalue weighted by atomic mass is 9.99. The van der Waals surface area contributed by atoms with Crippen LogP contribution in [0.4, 0.5) is 0 Å². The maximum Gasteiger partial charge on any atom is 0.260 e. The van der Waals surface area contributed by atoms with Crippen molar-refractivity contribution in [2.45, 2.75) is 19.9 Å². The van der Waals surface area contributed by atoms with E-state index in [1.54, 1.807) is 24.1 Å². The molecule has 0 aliphatic carbocycles. The fourth-order valence-corrected chi connectivity index (χ4v) is 3.69. The number of carbonyl (C=O) groups is 1. The van der Waals surface area contributed by atoms with Gasteiger partial charge in [0.2, 0.25) is 0 Å². The summed E-state index contributed by atoms with van der Waals surface area (Å²) in [5.41, 5.74) is 2.78. The van der Waals surface area contributed by atoms with Crippen molar-refractivity contribution >= 4 is 21.8 Å². The molecule has 2 aromatic rings. The van der Waals surface area contributed by atoms with Crippen LogP contribution in [0.2, 0.25) is 0 Å². The average molecular weight is 445 g/mol. The predicted molar refractivity (Wildman–Crippen MR) is 108 cm³/mol. The Bertz CT molecular complexity index is 923. The molecular formula is C21H21BrN2O4. The van der Waals surface area contributed by atoms with Crippen molar-refractivity contribution in [2.75, 3.05) is 26.9 Å². The summed E-state index contributed by atoms with van der Waals surface area (Å²) in [5.74, 6) is 1.54. The largest absolute Gasteiger partial charge is 0.497 e. The van der Waals surface area contributed by atoms with Crippen molar-refractivity contribution < 1.29 is 19.0 Å². The van der Waals surface area contributed by atoms with Gasteiger partial charge in [-0.05, 0) is 58.6 Å². The first-order chi connectivity index (χ1) is 13.5. The highest BCUT2D eigenvalue weighted by molar-refractivity contribution is 9.10. The van der Waals surface area contributed by atoms with E-state index in [2.05, 4.69) is 28.1 Å². The molecule has 0 radical (unpaired) electrons. The van der Waals surface area contributed by atoms with Crippen molar-refractivity contribution in [2.24, 2.45) is 0 Å². The third kappa shape index (κ3) is 4.39. The van der Waals surface area contributed by atoms with E-state index in [0.717, 1.165) is 17.7 Å². The van der Waals surface area contributed by atoms with Gasteiger partial charge >= 0.3 is 0 Å². The van der Waals surface area contributed by atoms with Crippen molar-refractivity contribution in [1.82, 2.24) is 4.90 Å². The summed E-state index contributed by atoms with van der Waals surface area (Å²) in [4.78, 5) is 14.5. The first-order valence-corrected chi connectivity index (χ1v) is 9.77. The van der Waals surface area contributed by atoms with Gasteiger partial charge in [0.25, 0.3) is 5.91 Å². The number of hydrogen-bond acceptors (Lipinski definition) is 5. The van der Waals surface area contributed by atoms with E-state index in [4.69, 9.17) is 19.5 Å². The number of methoxy groups -OCH3 is 1. The quantitative estimate of drug-likeness (QED) is 0.679. The fraction of sp³-hybridized carbons (Fsp3) is 0.333. The van der Waals surface area contributed by atoms with Crippen LogP contribution in [0, 0.1) is 11.3 Å². The minimum Gasteiger partial charge on any atom is -0.497 e. The van der Waals surface area contributed by atoms with Crippen LogP contribution in [0.3, 0.4) is 0 Å². The first-order valence-electron chi connectivity index (χ1n) is 8.98. The normalized spacial score (nSPS) is 12.7. The molecule has 3 rings (SSSR count). The number of carbonyl (C=O) groups excluding carboxylic acids is 1. The monoisotopic (exact) mass is 444 g/mol.